The summed E-state index contributed by atoms with van der Waals surface area (Å²) >= 11 is 0. The zero-order valence-corrected chi connectivity index (χ0v) is 25.7. The third-order valence-electron chi connectivity index (χ3n) is 9.67. The number of methoxy groups -OCH3 is 1. The topological polar surface area (TPSA) is 96.6 Å². The van der Waals surface area contributed by atoms with Crippen molar-refractivity contribution in [2.45, 2.75) is 70.9 Å². The molecule has 0 unspecified atom stereocenters. The number of likely N-dealkylation sites (tertiary alicyclic amines) is 1. The summed E-state index contributed by atoms with van der Waals surface area (Å²) in [7, 11) is 1.19. The summed E-state index contributed by atoms with van der Waals surface area (Å²) in [5, 5.41) is 2.49. The molecule has 0 saturated carbocycles. The summed E-state index contributed by atoms with van der Waals surface area (Å²) < 4.78 is 39.7. The minimum Gasteiger partial charge on any atom is -0.453 e. The second kappa shape index (κ2) is 11.6. The van der Waals surface area contributed by atoms with Crippen molar-refractivity contribution < 1.29 is 27.8 Å². The molecule has 6 rings (SSSR count). The van der Waals surface area contributed by atoms with E-state index < -0.39 is 43.0 Å². The van der Waals surface area contributed by atoms with E-state index in [1.807, 2.05) is 12.1 Å². The van der Waals surface area contributed by atoms with Crippen molar-refractivity contribution >= 4 is 12.0 Å². The Bertz CT molecular complexity index is 1550. The number of H-pyrrole nitrogens is 1. The first-order valence-electron chi connectivity index (χ1n) is 15.4. The lowest BCUT2D eigenvalue weighted by atomic mass is 9.77. The molecule has 2 fully saturated rings. The van der Waals surface area contributed by atoms with Gasteiger partial charge < -0.3 is 24.7 Å². The molecule has 3 aromatic rings. The Kier molecular flexibility index (Phi) is 7.98. The van der Waals surface area contributed by atoms with Crippen LogP contribution in [0.15, 0.2) is 42.6 Å². The van der Waals surface area contributed by atoms with Gasteiger partial charge in [-0.25, -0.2) is 18.6 Å². The number of carbonyl (C=O) groups is 2. The average Bonchev–Trinajstić information content (AvgIpc) is 3.72. The summed E-state index contributed by atoms with van der Waals surface area (Å²) in [6.45, 7) is 6.59. The maximum atomic E-state index is 14.7. The fraction of sp³-hybridized carbons (Fsp3) is 0.500. The second-order valence-electron chi connectivity index (χ2n) is 13.0. The molecule has 2 N–H and O–H groups in total. The van der Waals surface area contributed by atoms with Crippen LogP contribution in [0.4, 0.5) is 13.6 Å². The molecular formula is C34H40F2N4O4. The molecule has 0 bridgehead atoms. The van der Waals surface area contributed by atoms with Gasteiger partial charge in [0.15, 0.2) is 0 Å². The van der Waals surface area contributed by atoms with E-state index in [9.17, 15) is 18.4 Å². The van der Waals surface area contributed by atoms with Crippen molar-refractivity contribution in [3.8, 4) is 22.4 Å². The molecule has 1 aliphatic carbocycles. The standard InChI is InChI=1S/C34H40F2N4O4/c1-20(2)29(39-32(42)43-4)31(41)40-19-34(35,36)17-28(40)30-37-18-27(38-30)23-8-6-22(7-9-23)24-10-5-21(3)25-15-33(16-26(24)25)11-13-44-14-12-33/h5-10,18,20,28-29H,11-17,19H2,1-4H3,(H,37,38)(H,39,42)/t28-,29-/m0/s1. The number of carbonyl (C=O) groups excluding carboxylic acids is 2. The molecule has 1 aromatic heterocycles. The number of rotatable bonds is 6. The van der Waals surface area contributed by atoms with E-state index >= 15 is 0 Å². The van der Waals surface area contributed by atoms with Crippen LogP contribution in [0.1, 0.15) is 61.7 Å². The summed E-state index contributed by atoms with van der Waals surface area (Å²) in [4.78, 5) is 34.1. The lowest BCUT2D eigenvalue weighted by Crippen LogP contribution is -2.51. The summed E-state index contributed by atoms with van der Waals surface area (Å²) in [5.41, 5.74) is 8.39. The van der Waals surface area contributed by atoms with Gasteiger partial charge in [-0.1, -0.05) is 50.2 Å². The van der Waals surface area contributed by atoms with Gasteiger partial charge in [-0.05, 0) is 71.8 Å². The lowest BCUT2D eigenvalue weighted by Gasteiger charge is -2.33. The number of hydrogen-bond acceptors (Lipinski definition) is 5. The van der Waals surface area contributed by atoms with Gasteiger partial charge in [0, 0.05) is 31.4 Å². The average molecular weight is 607 g/mol. The molecule has 234 valence electrons. The highest BCUT2D eigenvalue weighted by Gasteiger charge is 2.50. The largest absolute Gasteiger partial charge is 0.453 e. The summed E-state index contributed by atoms with van der Waals surface area (Å²) in [6, 6.07) is 10.7. The molecule has 0 radical (unpaired) electrons. The number of nitrogens with zero attached hydrogens (tertiary/aromatic N) is 2. The van der Waals surface area contributed by atoms with Crippen LogP contribution in [0, 0.1) is 18.3 Å². The fourth-order valence-electron chi connectivity index (χ4n) is 7.15. The van der Waals surface area contributed by atoms with E-state index in [1.165, 1.54) is 29.4 Å². The first-order chi connectivity index (χ1) is 21.0. The third kappa shape index (κ3) is 5.72. The number of benzene rings is 2. The first-order valence-corrected chi connectivity index (χ1v) is 15.4. The number of imidazole rings is 1. The molecule has 3 heterocycles. The van der Waals surface area contributed by atoms with Crippen LogP contribution in [0.3, 0.4) is 0 Å². The number of aryl methyl sites for hydroxylation is 1. The molecule has 2 aliphatic heterocycles. The highest BCUT2D eigenvalue weighted by atomic mass is 19.3. The maximum Gasteiger partial charge on any atom is 0.407 e. The molecule has 1 spiro atoms. The van der Waals surface area contributed by atoms with Crippen LogP contribution in [-0.2, 0) is 27.1 Å². The van der Waals surface area contributed by atoms with Crippen molar-refractivity contribution in [3.63, 3.8) is 0 Å². The highest BCUT2D eigenvalue weighted by molar-refractivity contribution is 5.86. The van der Waals surface area contributed by atoms with Gasteiger partial charge in [0.25, 0.3) is 5.92 Å². The zero-order valence-electron chi connectivity index (χ0n) is 25.7. The Balaban J connectivity index is 1.23. The highest BCUT2D eigenvalue weighted by Crippen LogP contribution is 2.48. The molecule has 2 aromatic carbocycles. The Morgan fingerprint density at radius 3 is 2.43 bits per heavy atom. The number of hydrogen-bond donors (Lipinski definition) is 2. The Morgan fingerprint density at radius 1 is 1.07 bits per heavy atom. The van der Waals surface area contributed by atoms with Gasteiger partial charge in [0.1, 0.15) is 11.9 Å². The van der Waals surface area contributed by atoms with E-state index in [2.05, 4.69) is 51.2 Å². The first kappa shape index (κ1) is 30.2. The van der Waals surface area contributed by atoms with Crippen molar-refractivity contribution in [1.82, 2.24) is 20.2 Å². The van der Waals surface area contributed by atoms with E-state index in [-0.39, 0.29) is 11.7 Å². The molecule has 3 aliphatic rings. The van der Waals surface area contributed by atoms with Crippen LogP contribution in [-0.4, -0.2) is 65.7 Å². The van der Waals surface area contributed by atoms with Crippen LogP contribution in [0.2, 0.25) is 0 Å². The lowest BCUT2D eigenvalue weighted by molar-refractivity contribution is -0.136. The van der Waals surface area contributed by atoms with Crippen LogP contribution in [0.5, 0.6) is 0 Å². The van der Waals surface area contributed by atoms with Crippen molar-refractivity contribution in [1.29, 1.82) is 0 Å². The van der Waals surface area contributed by atoms with Crippen molar-refractivity contribution in [2.24, 2.45) is 11.3 Å². The van der Waals surface area contributed by atoms with Gasteiger partial charge in [-0.15, -0.1) is 0 Å². The smallest absolute Gasteiger partial charge is 0.407 e. The SMILES string of the molecule is COC(=O)N[C@H](C(=O)N1CC(F)(F)C[C@H]1c1nc(-c2ccc(-c3ccc(C)c4c3CC3(CCOCC3)C4)cc2)c[nH]1)C(C)C. The predicted molar refractivity (Wildman–Crippen MR) is 162 cm³/mol. The number of aromatic nitrogens is 2. The van der Waals surface area contributed by atoms with Gasteiger partial charge >= 0.3 is 6.09 Å². The number of halogens is 2. The number of alkyl carbamates (subject to hydrolysis) is 1. The van der Waals surface area contributed by atoms with Crippen LogP contribution >= 0.6 is 0 Å². The quantitative estimate of drug-likeness (QED) is 0.347. The summed E-state index contributed by atoms with van der Waals surface area (Å²) in [5.74, 6) is -3.73. The van der Waals surface area contributed by atoms with Gasteiger partial charge in [0.2, 0.25) is 5.91 Å². The van der Waals surface area contributed by atoms with Crippen LogP contribution in [0.25, 0.3) is 22.4 Å². The van der Waals surface area contributed by atoms with E-state index in [0.29, 0.717) is 11.1 Å². The molecule has 2 atom stereocenters. The molecule has 8 nitrogen and oxygen atoms in total. The van der Waals surface area contributed by atoms with Crippen molar-refractivity contribution in [2.75, 3.05) is 26.9 Å². The monoisotopic (exact) mass is 606 g/mol. The summed E-state index contributed by atoms with van der Waals surface area (Å²) in [6.07, 6.45) is 4.71. The Morgan fingerprint density at radius 2 is 1.75 bits per heavy atom. The normalized spacial score (nSPS) is 21.0. The van der Waals surface area contributed by atoms with Gasteiger partial charge in [-0.3, -0.25) is 4.79 Å². The van der Waals surface area contributed by atoms with E-state index in [0.717, 1.165) is 54.9 Å². The molecule has 2 saturated heterocycles. The van der Waals surface area contributed by atoms with Crippen LogP contribution < -0.4 is 5.32 Å². The maximum absolute atomic E-state index is 14.7. The minimum absolute atomic E-state index is 0.285. The number of nitrogens with one attached hydrogen (secondary N) is 2. The molecule has 44 heavy (non-hydrogen) atoms. The second-order valence-corrected chi connectivity index (χ2v) is 13.0. The number of alkyl halides is 2. The fourth-order valence-corrected chi connectivity index (χ4v) is 7.15. The molecule has 10 heteroatoms. The van der Waals surface area contributed by atoms with Gasteiger partial charge in [0.05, 0.1) is 25.4 Å². The number of amides is 2. The molecule has 2 amide bonds. The van der Waals surface area contributed by atoms with Crippen molar-refractivity contribution in [3.05, 3.63) is 65.1 Å². The minimum atomic E-state index is -3.08. The Hall–Kier alpha value is -3.79. The molecular weight excluding hydrogens is 566 g/mol. The van der Waals surface area contributed by atoms with E-state index in [4.69, 9.17) is 4.74 Å². The van der Waals surface area contributed by atoms with Gasteiger partial charge in [-0.2, -0.15) is 0 Å². The zero-order chi connectivity index (χ0) is 31.2. The number of aromatic amines is 1. The van der Waals surface area contributed by atoms with E-state index in [1.54, 1.807) is 20.0 Å². The predicted octanol–water partition coefficient (Wildman–Crippen LogP) is 6.24. The number of fused-ring (bicyclic) bond motifs is 1. The third-order valence-corrected chi connectivity index (χ3v) is 9.67. The Labute approximate surface area is 256 Å². The number of ether oxygens (including phenoxy) is 2.